The van der Waals surface area contributed by atoms with E-state index in [9.17, 15) is 14.0 Å². The topological polar surface area (TPSA) is 43.4 Å². The lowest BCUT2D eigenvalue weighted by molar-refractivity contribution is 0.0733. The maximum Gasteiger partial charge on any atom is 0.344 e. The molecule has 0 aliphatic heterocycles. The summed E-state index contributed by atoms with van der Waals surface area (Å²) in [6.45, 7) is 0. The Kier molecular flexibility index (Phi) is 5.94. The Labute approximate surface area is 164 Å². The van der Waals surface area contributed by atoms with Gasteiger partial charge in [0.2, 0.25) is 0 Å². The van der Waals surface area contributed by atoms with E-state index >= 15 is 0 Å². The quantitative estimate of drug-likeness (QED) is 0.228. The lowest BCUT2D eigenvalue weighted by Crippen LogP contribution is -2.09. The van der Waals surface area contributed by atoms with Crippen LogP contribution in [0.3, 0.4) is 0 Å². The van der Waals surface area contributed by atoms with Crippen molar-refractivity contribution in [3.05, 3.63) is 106 Å². The summed E-state index contributed by atoms with van der Waals surface area (Å²) in [5, 5.41) is 0. The minimum absolute atomic E-state index is 0.206. The second-order valence-electron chi connectivity index (χ2n) is 5.64. The summed E-state index contributed by atoms with van der Waals surface area (Å²) in [6, 6.07) is 19.1. The number of rotatable bonds is 5. The number of allylic oxidation sites excluding steroid dienone is 1. The van der Waals surface area contributed by atoms with Crippen molar-refractivity contribution in [2.24, 2.45) is 0 Å². The summed E-state index contributed by atoms with van der Waals surface area (Å²) in [5.41, 5.74) is 1.60. The predicted molar refractivity (Wildman–Crippen MR) is 105 cm³/mol. The standard InChI is InChI=1S/C22H14BrFO3/c23-20-4-2-1-3-19(20)22(26)27-18-12-8-16(9-13-18)21(25)14-7-15-5-10-17(24)11-6-15/h1-14H/b14-7+. The Morgan fingerprint density at radius 3 is 2.22 bits per heavy atom. The van der Waals surface area contributed by atoms with Gasteiger partial charge in [0.05, 0.1) is 5.56 Å². The van der Waals surface area contributed by atoms with Crippen molar-refractivity contribution < 1.29 is 18.7 Å². The van der Waals surface area contributed by atoms with Gasteiger partial charge in [-0.05, 0) is 76.1 Å². The molecule has 0 atom stereocenters. The minimum Gasteiger partial charge on any atom is -0.423 e. The Morgan fingerprint density at radius 2 is 1.56 bits per heavy atom. The van der Waals surface area contributed by atoms with Crippen molar-refractivity contribution in [2.75, 3.05) is 0 Å². The van der Waals surface area contributed by atoms with Crippen LogP contribution in [0.5, 0.6) is 5.75 Å². The highest BCUT2D eigenvalue weighted by molar-refractivity contribution is 9.10. The first-order valence-corrected chi connectivity index (χ1v) is 8.87. The zero-order valence-electron chi connectivity index (χ0n) is 14.1. The van der Waals surface area contributed by atoms with Crippen LogP contribution in [0.2, 0.25) is 0 Å². The van der Waals surface area contributed by atoms with Crippen LogP contribution in [-0.4, -0.2) is 11.8 Å². The zero-order chi connectivity index (χ0) is 19.2. The molecule has 3 nitrogen and oxygen atoms in total. The van der Waals surface area contributed by atoms with Crippen molar-refractivity contribution in [1.29, 1.82) is 0 Å². The molecule has 0 unspecified atom stereocenters. The third kappa shape index (κ3) is 4.99. The Hall–Kier alpha value is -3.05. The molecule has 0 saturated heterocycles. The van der Waals surface area contributed by atoms with Gasteiger partial charge in [-0.2, -0.15) is 0 Å². The molecule has 27 heavy (non-hydrogen) atoms. The van der Waals surface area contributed by atoms with E-state index < -0.39 is 5.97 Å². The molecule has 0 N–H and O–H groups in total. The molecule has 134 valence electrons. The van der Waals surface area contributed by atoms with E-state index in [0.29, 0.717) is 21.3 Å². The summed E-state index contributed by atoms with van der Waals surface area (Å²) < 4.78 is 18.8. The number of hydrogen-bond donors (Lipinski definition) is 0. The fourth-order valence-corrected chi connectivity index (χ4v) is 2.76. The van der Waals surface area contributed by atoms with Crippen molar-refractivity contribution in [2.45, 2.75) is 0 Å². The average molecular weight is 425 g/mol. The van der Waals surface area contributed by atoms with Gasteiger partial charge < -0.3 is 4.74 Å². The minimum atomic E-state index is -0.488. The summed E-state index contributed by atoms with van der Waals surface area (Å²) in [6.07, 6.45) is 3.03. The average Bonchev–Trinajstić information content (AvgIpc) is 2.68. The van der Waals surface area contributed by atoms with Crippen LogP contribution in [-0.2, 0) is 0 Å². The van der Waals surface area contributed by atoms with Crippen LogP contribution >= 0.6 is 15.9 Å². The molecule has 0 spiro atoms. The molecule has 0 aromatic heterocycles. The van der Waals surface area contributed by atoms with E-state index in [4.69, 9.17) is 4.74 Å². The van der Waals surface area contributed by atoms with E-state index in [-0.39, 0.29) is 11.6 Å². The summed E-state index contributed by atoms with van der Waals surface area (Å²) >= 11 is 3.31. The Morgan fingerprint density at radius 1 is 0.889 bits per heavy atom. The van der Waals surface area contributed by atoms with Crippen molar-refractivity contribution in [1.82, 2.24) is 0 Å². The number of carbonyl (C=O) groups is 2. The first-order valence-electron chi connectivity index (χ1n) is 8.08. The van der Waals surface area contributed by atoms with Gasteiger partial charge in [0, 0.05) is 10.0 Å². The van der Waals surface area contributed by atoms with E-state index in [2.05, 4.69) is 15.9 Å². The highest BCUT2D eigenvalue weighted by Gasteiger charge is 2.12. The molecule has 5 heteroatoms. The van der Waals surface area contributed by atoms with Gasteiger partial charge in [-0.25, -0.2) is 9.18 Å². The first kappa shape index (κ1) is 18.7. The second-order valence-corrected chi connectivity index (χ2v) is 6.50. The molecule has 0 bridgehead atoms. The van der Waals surface area contributed by atoms with E-state index in [1.54, 1.807) is 66.7 Å². The first-order chi connectivity index (χ1) is 13.0. The Bertz CT molecular complexity index is 993. The van der Waals surface area contributed by atoms with Crippen LogP contribution in [0.15, 0.2) is 83.3 Å². The predicted octanol–water partition coefficient (Wildman–Crippen LogP) is 5.70. The van der Waals surface area contributed by atoms with Crippen LogP contribution in [0, 0.1) is 5.82 Å². The third-order valence-electron chi connectivity index (χ3n) is 3.74. The molecule has 0 aliphatic rings. The van der Waals surface area contributed by atoms with Crippen LogP contribution < -0.4 is 4.74 Å². The fraction of sp³-hybridized carbons (Fsp3) is 0. The number of carbonyl (C=O) groups excluding carboxylic acids is 2. The molecule has 0 aliphatic carbocycles. The van der Waals surface area contributed by atoms with Crippen LogP contribution in [0.25, 0.3) is 6.08 Å². The zero-order valence-corrected chi connectivity index (χ0v) is 15.6. The highest BCUT2D eigenvalue weighted by Crippen LogP contribution is 2.20. The lowest BCUT2D eigenvalue weighted by Gasteiger charge is -2.06. The number of halogens is 2. The van der Waals surface area contributed by atoms with Gasteiger partial charge in [-0.3, -0.25) is 4.79 Å². The second kappa shape index (κ2) is 8.56. The van der Waals surface area contributed by atoms with Crippen LogP contribution in [0.1, 0.15) is 26.3 Å². The fourth-order valence-electron chi connectivity index (χ4n) is 2.32. The van der Waals surface area contributed by atoms with E-state index in [1.807, 2.05) is 0 Å². The number of hydrogen-bond acceptors (Lipinski definition) is 3. The Balaban J connectivity index is 1.66. The van der Waals surface area contributed by atoms with Gasteiger partial charge in [0.15, 0.2) is 5.78 Å². The molecule has 3 aromatic carbocycles. The van der Waals surface area contributed by atoms with Crippen molar-refractivity contribution >= 4 is 33.8 Å². The van der Waals surface area contributed by atoms with Gasteiger partial charge in [-0.1, -0.05) is 30.3 Å². The van der Waals surface area contributed by atoms with Gasteiger partial charge >= 0.3 is 5.97 Å². The highest BCUT2D eigenvalue weighted by atomic mass is 79.9. The maximum absolute atomic E-state index is 12.9. The number of ketones is 1. The summed E-state index contributed by atoms with van der Waals surface area (Å²) in [5.74, 6) is -0.679. The molecule has 0 amide bonds. The SMILES string of the molecule is O=C(/C=C/c1ccc(F)cc1)c1ccc(OC(=O)c2ccccc2Br)cc1. The number of ether oxygens (including phenoxy) is 1. The monoisotopic (exact) mass is 424 g/mol. The lowest BCUT2D eigenvalue weighted by atomic mass is 10.1. The molecule has 3 aromatic rings. The molecular weight excluding hydrogens is 411 g/mol. The molecule has 0 heterocycles. The van der Waals surface area contributed by atoms with Gasteiger partial charge in [0.25, 0.3) is 0 Å². The molecule has 0 fully saturated rings. The van der Waals surface area contributed by atoms with Crippen LogP contribution in [0.4, 0.5) is 4.39 Å². The van der Waals surface area contributed by atoms with Crippen molar-refractivity contribution in [3.8, 4) is 5.75 Å². The van der Waals surface area contributed by atoms with Gasteiger partial charge in [0.1, 0.15) is 11.6 Å². The van der Waals surface area contributed by atoms with Crippen molar-refractivity contribution in [3.63, 3.8) is 0 Å². The summed E-state index contributed by atoms with van der Waals surface area (Å²) in [7, 11) is 0. The maximum atomic E-state index is 12.9. The van der Waals surface area contributed by atoms with Gasteiger partial charge in [-0.15, -0.1) is 0 Å². The van der Waals surface area contributed by atoms with E-state index in [1.165, 1.54) is 18.2 Å². The smallest absolute Gasteiger partial charge is 0.344 e. The van der Waals surface area contributed by atoms with E-state index in [0.717, 1.165) is 5.56 Å². The largest absolute Gasteiger partial charge is 0.423 e. The number of esters is 1. The normalized spacial score (nSPS) is 10.7. The third-order valence-corrected chi connectivity index (χ3v) is 4.43. The summed E-state index contributed by atoms with van der Waals surface area (Å²) in [4.78, 5) is 24.4. The molecule has 3 rings (SSSR count). The molecule has 0 saturated carbocycles. The molecular formula is C22H14BrFO3. The molecule has 0 radical (unpaired) electrons. The number of benzene rings is 3.